The third-order valence-electron chi connectivity index (χ3n) is 2.42. The Kier molecular flexibility index (Phi) is 6.66. The van der Waals surface area contributed by atoms with Crippen LogP contribution in [0.3, 0.4) is 0 Å². The summed E-state index contributed by atoms with van der Waals surface area (Å²) >= 11 is 0. The first-order valence-corrected chi connectivity index (χ1v) is 6.98. The van der Waals surface area contributed by atoms with Crippen LogP contribution in [-0.4, -0.2) is 56.3 Å². The van der Waals surface area contributed by atoms with Gasteiger partial charge in [-0.1, -0.05) is 0 Å². The van der Waals surface area contributed by atoms with E-state index in [1.807, 2.05) is 0 Å². The number of esters is 1. The number of carbonyl (C=O) groups is 1. The summed E-state index contributed by atoms with van der Waals surface area (Å²) in [5.74, 6) is -0.387. The molecule has 0 amide bonds. The van der Waals surface area contributed by atoms with Gasteiger partial charge in [-0.3, -0.25) is 4.79 Å². The van der Waals surface area contributed by atoms with Crippen LogP contribution in [-0.2, 0) is 19.7 Å². The summed E-state index contributed by atoms with van der Waals surface area (Å²) in [6.45, 7) is 5.72. The zero-order valence-electron chi connectivity index (χ0n) is 11.1. The smallest absolute Gasteiger partial charge is 0.307 e. The maximum atomic E-state index is 11.9. The van der Waals surface area contributed by atoms with Gasteiger partial charge in [0.1, 0.15) is 0 Å². The lowest BCUT2D eigenvalue weighted by Gasteiger charge is -2.26. The molecule has 0 atom stereocenters. The lowest BCUT2D eigenvalue weighted by Crippen LogP contribution is -2.43. The van der Waals surface area contributed by atoms with Gasteiger partial charge in [-0.2, -0.15) is 17.0 Å². The second kappa shape index (κ2) is 6.93. The van der Waals surface area contributed by atoms with Gasteiger partial charge in [0, 0.05) is 26.7 Å². The predicted octanol–water partition coefficient (Wildman–Crippen LogP) is 0.456. The highest BCUT2D eigenvalue weighted by Gasteiger charge is 2.25. The molecule has 0 aromatic carbocycles. The van der Waals surface area contributed by atoms with Crippen molar-refractivity contribution < 1.29 is 17.9 Å². The topological polar surface area (TPSA) is 66.9 Å². The largest absolute Gasteiger partial charge is 0.466 e. The molecule has 0 fully saturated rings. The number of ether oxygens (including phenoxy) is 1. The average Bonchev–Trinajstić information content (AvgIpc) is 2.24. The van der Waals surface area contributed by atoms with Crippen LogP contribution >= 0.6 is 0 Å². The first-order valence-electron chi connectivity index (χ1n) is 5.58. The number of carbonyl (C=O) groups excluding carboxylic acids is 1. The Labute approximate surface area is 104 Å². The fraction of sp³-hybridized carbons (Fsp3) is 0.900. The van der Waals surface area contributed by atoms with Crippen LogP contribution in [0.2, 0.25) is 0 Å². The molecule has 0 aliphatic heterocycles. The van der Waals surface area contributed by atoms with E-state index in [1.54, 1.807) is 20.8 Å². The normalized spacial score (nSPS) is 12.5. The van der Waals surface area contributed by atoms with Crippen molar-refractivity contribution in [2.24, 2.45) is 0 Å². The van der Waals surface area contributed by atoms with Crippen molar-refractivity contribution in [1.29, 1.82) is 0 Å². The lowest BCUT2D eigenvalue weighted by molar-refractivity contribution is -0.143. The van der Waals surface area contributed by atoms with E-state index in [1.165, 1.54) is 18.4 Å². The quantitative estimate of drug-likeness (QED) is 0.628. The summed E-state index contributed by atoms with van der Waals surface area (Å²) in [5, 5.41) is 0. The SMILES string of the molecule is CCOC(=O)CCN(C)S(=O)(=O)N(C)C(C)C. The lowest BCUT2D eigenvalue weighted by atomic mass is 10.4. The zero-order valence-corrected chi connectivity index (χ0v) is 12.0. The highest BCUT2D eigenvalue weighted by Crippen LogP contribution is 2.08. The molecule has 0 radical (unpaired) electrons. The first-order chi connectivity index (χ1) is 7.73. The third kappa shape index (κ3) is 5.01. The van der Waals surface area contributed by atoms with Crippen molar-refractivity contribution in [3.63, 3.8) is 0 Å². The van der Waals surface area contributed by atoms with E-state index in [9.17, 15) is 13.2 Å². The average molecular weight is 266 g/mol. The predicted molar refractivity (Wildman–Crippen MR) is 65.7 cm³/mol. The van der Waals surface area contributed by atoms with Gasteiger partial charge < -0.3 is 4.74 Å². The number of hydrogen-bond donors (Lipinski definition) is 0. The van der Waals surface area contributed by atoms with E-state index in [0.717, 1.165) is 4.31 Å². The third-order valence-corrected chi connectivity index (χ3v) is 4.54. The van der Waals surface area contributed by atoms with E-state index in [0.29, 0.717) is 6.61 Å². The molecular formula is C10H22N2O4S. The van der Waals surface area contributed by atoms with Gasteiger partial charge in [0.15, 0.2) is 0 Å². The molecule has 0 unspecified atom stereocenters. The summed E-state index contributed by atoms with van der Waals surface area (Å²) in [6.07, 6.45) is 0.0650. The van der Waals surface area contributed by atoms with Crippen molar-refractivity contribution >= 4 is 16.2 Å². The monoisotopic (exact) mass is 266 g/mol. The molecule has 0 aliphatic rings. The molecule has 0 aliphatic carbocycles. The van der Waals surface area contributed by atoms with Crippen molar-refractivity contribution in [2.75, 3.05) is 27.2 Å². The number of rotatable bonds is 7. The minimum atomic E-state index is -3.49. The van der Waals surface area contributed by atoms with E-state index >= 15 is 0 Å². The fourth-order valence-corrected chi connectivity index (χ4v) is 2.38. The van der Waals surface area contributed by atoms with Gasteiger partial charge in [-0.05, 0) is 20.8 Å². The summed E-state index contributed by atoms with van der Waals surface area (Å²) < 4.78 is 31.0. The first kappa shape index (κ1) is 16.3. The molecule has 6 nitrogen and oxygen atoms in total. The summed E-state index contributed by atoms with van der Waals surface area (Å²) in [4.78, 5) is 11.1. The Morgan fingerprint density at radius 2 is 1.82 bits per heavy atom. The molecule has 0 heterocycles. The van der Waals surface area contributed by atoms with Gasteiger partial charge in [-0.25, -0.2) is 0 Å². The molecule has 0 aromatic rings. The van der Waals surface area contributed by atoms with E-state index < -0.39 is 10.2 Å². The molecule has 0 aromatic heterocycles. The zero-order chi connectivity index (χ0) is 13.6. The molecule has 17 heavy (non-hydrogen) atoms. The minimum absolute atomic E-state index is 0.0650. The van der Waals surface area contributed by atoms with Crippen LogP contribution in [0.1, 0.15) is 27.2 Å². The van der Waals surface area contributed by atoms with Gasteiger partial charge in [-0.15, -0.1) is 0 Å². The van der Waals surface area contributed by atoms with Crippen molar-refractivity contribution in [1.82, 2.24) is 8.61 Å². The molecular weight excluding hydrogens is 244 g/mol. The standard InChI is InChI=1S/C10H22N2O4S/c1-6-16-10(13)7-8-11(4)17(14,15)12(5)9(2)3/h9H,6-8H2,1-5H3. The molecule has 102 valence electrons. The summed E-state index contributed by atoms with van der Waals surface area (Å²) in [6, 6.07) is -0.120. The van der Waals surface area contributed by atoms with Gasteiger partial charge in [0.05, 0.1) is 13.0 Å². The summed E-state index contributed by atoms with van der Waals surface area (Å²) in [7, 11) is -0.523. The maximum Gasteiger partial charge on any atom is 0.307 e. The van der Waals surface area contributed by atoms with Gasteiger partial charge in [0.2, 0.25) is 0 Å². The molecule has 7 heteroatoms. The van der Waals surface area contributed by atoms with Crippen LogP contribution in [0.5, 0.6) is 0 Å². The van der Waals surface area contributed by atoms with Gasteiger partial charge in [0.25, 0.3) is 10.2 Å². The van der Waals surface area contributed by atoms with Crippen LogP contribution in [0.4, 0.5) is 0 Å². The second-order valence-corrected chi connectivity index (χ2v) is 6.09. The Morgan fingerprint density at radius 3 is 2.24 bits per heavy atom. The molecule has 0 N–H and O–H groups in total. The second-order valence-electron chi connectivity index (χ2n) is 3.99. The Hall–Kier alpha value is -0.660. The van der Waals surface area contributed by atoms with Crippen LogP contribution in [0.15, 0.2) is 0 Å². The number of nitrogens with zero attached hydrogens (tertiary/aromatic N) is 2. The van der Waals surface area contributed by atoms with Crippen LogP contribution < -0.4 is 0 Å². The van der Waals surface area contributed by atoms with E-state index in [2.05, 4.69) is 0 Å². The van der Waals surface area contributed by atoms with E-state index in [4.69, 9.17) is 4.74 Å². The molecule has 0 rings (SSSR count). The Bertz CT molecular complexity index is 340. The molecule has 0 bridgehead atoms. The van der Waals surface area contributed by atoms with Crippen LogP contribution in [0, 0.1) is 0 Å². The van der Waals surface area contributed by atoms with Gasteiger partial charge >= 0.3 is 5.97 Å². The summed E-state index contributed by atoms with van der Waals surface area (Å²) in [5.41, 5.74) is 0. The molecule has 0 saturated carbocycles. The van der Waals surface area contributed by atoms with Crippen molar-refractivity contribution in [2.45, 2.75) is 33.2 Å². The highest BCUT2D eigenvalue weighted by molar-refractivity contribution is 7.86. The highest BCUT2D eigenvalue weighted by atomic mass is 32.2. The fourth-order valence-electron chi connectivity index (χ4n) is 1.08. The Morgan fingerprint density at radius 1 is 1.29 bits per heavy atom. The molecule has 0 saturated heterocycles. The minimum Gasteiger partial charge on any atom is -0.466 e. The van der Waals surface area contributed by atoms with E-state index in [-0.39, 0.29) is 25.0 Å². The van der Waals surface area contributed by atoms with Crippen molar-refractivity contribution in [3.8, 4) is 0 Å². The maximum absolute atomic E-state index is 11.9. The Balaban J connectivity index is 4.40. The molecule has 0 spiro atoms. The number of hydrogen-bond acceptors (Lipinski definition) is 4. The van der Waals surface area contributed by atoms with Crippen LogP contribution in [0.25, 0.3) is 0 Å². The van der Waals surface area contributed by atoms with Crippen molar-refractivity contribution in [3.05, 3.63) is 0 Å².